The van der Waals surface area contributed by atoms with E-state index in [-0.39, 0.29) is 31.3 Å². The summed E-state index contributed by atoms with van der Waals surface area (Å²) < 4.78 is 0. The highest BCUT2D eigenvalue weighted by atomic mass is 16.4. The van der Waals surface area contributed by atoms with Crippen LogP contribution in [0, 0.1) is 11.8 Å². The molecular formula is C21H40N8O6. The van der Waals surface area contributed by atoms with Crippen LogP contribution < -0.4 is 38.9 Å². The minimum Gasteiger partial charge on any atom is -0.480 e. The zero-order valence-corrected chi connectivity index (χ0v) is 20.7. The lowest BCUT2D eigenvalue weighted by atomic mass is 10.0. The Morgan fingerprint density at radius 3 is 1.89 bits per heavy atom. The summed E-state index contributed by atoms with van der Waals surface area (Å²) in [6, 6.07) is -4.66. The highest BCUT2D eigenvalue weighted by Gasteiger charge is 2.32. The summed E-state index contributed by atoms with van der Waals surface area (Å²) in [5.74, 6) is -4.88. The van der Waals surface area contributed by atoms with Crippen LogP contribution in [0.4, 0.5) is 0 Å². The van der Waals surface area contributed by atoms with Crippen LogP contribution >= 0.6 is 0 Å². The minimum atomic E-state index is -1.43. The summed E-state index contributed by atoms with van der Waals surface area (Å²) in [5, 5.41) is 16.6. The Bertz CT molecular complexity index is 782. The van der Waals surface area contributed by atoms with Gasteiger partial charge in [-0.3, -0.25) is 24.2 Å². The molecule has 4 atom stereocenters. The van der Waals surface area contributed by atoms with E-state index in [0.29, 0.717) is 6.42 Å². The number of guanidine groups is 1. The molecule has 4 amide bonds. The number of aliphatic imine (C=N–C) groups is 1. The molecular weight excluding hydrogens is 460 g/mol. The van der Waals surface area contributed by atoms with Crippen molar-refractivity contribution >= 4 is 35.6 Å². The number of amides is 4. The number of carbonyl (C=O) groups excluding carboxylic acids is 4. The Kier molecular flexibility index (Phi) is 14.0. The number of hydrogen-bond donors (Lipinski definition) is 8. The van der Waals surface area contributed by atoms with Gasteiger partial charge in [-0.15, -0.1) is 0 Å². The third-order valence-corrected chi connectivity index (χ3v) is 4.91. The predicted octanol–water partition coefficient (Wildman–Crippen LogP) is -2.52. The van der Waals surface area contributed by atoms with Gasteiger partial charge in [0.1, 0.15) is 18.1 Å². The van der Waals surface area contributed by atoms with E-state index in [1.54, 1.807) is 27.7 Å². The van der Waals surface area contributed by atoms with Crippen LogP contribution in [0.2, 0.25) is 0 Å². The first kappa shape index (κ1) is 31.6. The van der Waals surface area contributed by atoms with Gasteiger partial charge in [-0.25, -0.2) is 4.79 Å². The van der Waals surface area contributed by atoms with E-state index in [9.17, 15) is 29.1 Å². The van der Waals surface area contributed by atoms with Gasteiger partial charge in [0.05, 0.1) is 12.5 Å². The molecule has 0 bridgehead atoms. The molecule has 14 nitrogen and oxygen atoms in total. The lowest BCUT2D eigenvalue weighted by molar-refractivity contribution is -0.143. The van der Waals surface area contributed by atoms with E-state index in [4.69, 9.17) is 22.9 Å². The van der Waals surface area contributed by atoms with Crippen LogP contribution in [0.5, 0.6) is 0 Å². The molecule has 4 unspecified atom stereocenters. The Hall–Kier alpha value is -3.42. The molecule has 0 aromatic carbocycles. The van der Waals surface area contributed by atoms with Crippen molar-refractivity contribution in [3.63, 3.8) is 0 Å². The number of aliphatic carboxylic acids is 1. The van der Waals surface area contributed by atoms with Gasteiger partial charge in [0.2, 0.25) is 23.6 Å². The number of nitrogens with two attached hydrogens (primary N) is 4. The van der Waals surface area contributed by atoms with Crippen molar-refractivity contribution < 1.29 is 29.1 Å². The van der Waals surface area contributed by atoms with Crippen LogP contribution in [0.15, 0.2) is 4.99 Å². The summed E-state index contributed by atoms with van der Waals surface area (Å²) in [5.41, 5.74) is 21.6. The number of carboxylic acids is 1. The first-order chi connectivity index (χ1) is 16.1. The third kappa shape index (κ3) is 13.2. The van der Waals surface area contributed by atoms with Crippen molar-refractivity contribution in [3.8, 4) is 0 Å². The van der Waals surface area contributed by atoms with Gasteiger partial charge in [-0.1, -0.05) is 27.7 Å². The van der Waals surface area contributed by atoms with E-state index in [1.165, 1.54) is 0 Å². The van der Waals surface area contributed by atoms with Gasteiger partial charge >= 0.3 is 5.97 Å². The van der Waals surface area contributed by atoms with Crippen LogP contribution in [0.1, 0.15) is 53.4 Å². The zero-order chi connectivity index (χ0) is 27.3. The smallest absolute Gasteiger partial charge is 0.326 e. The first-order valence-corrected chi connectivity index (χ1v) is 11.4. The number of nitrogens with one attached hydrogen (secondary N) is 3. The summed E-state index contributed by atoms with van der Waals surface area (Å²) in [7, 11) is 0. The minimum absolute atomic E-state index is 0.0372. The first-order valence-electron chi connectivity index (χ1n) is 11.4. The van der Waals surface area contributed by atoms with E-state index in [1.807, 2.05) is 0 Å². The fourth-order valence-corrected chi connectivity index (χ4v) is 3.08. The highest BCUT2D eigenvalue weighted by molar-refractivity contribution is 5.96. The predicted molar refractivity (Wildman–Crippen MR) is 129 cm³/mol. The molecule has 0 aromatic heterocycles. The number of primary amides is 1. The van der Waals surface area contributed by atoms with E-state index in [2.05, 4.69) is 20.9 Å². The van der Waals surface area contributed by atoms with Crippen molar-refractivity contribution in [1.29, 1.82) is 0 Å². The average molecular weight is 501 g/mol. The molecule has 200 valence electrons. The van der Waals surface area contributed by atoms with Crippen LogP contribution in [0.3, 0.4) is 0 Å². The topological polar surface area (TPSA) is 258 Å². The standard InChI is InChI=1S/C21H40N8O6/c1-10(2)8-14(20(34)35)28-18(32)13(9-15(23)30)27-19(33)16(11(3)4)29-17(31)12(22)6-5-7-26-21(24)25/h10-14,16H,5-9,22H2,1-4H3,(H2,23,30)(H,27,33)(H,28,32)(H,29,31)(H,34,35)(H4,24,25,26). The van der Waals surface area contributed by atoms with Gasteiger partial charge < -0.3 is 44.0 Å². The maximum Gasteiger partial charge on any atom is 0.326 e. The highest BCUT2D eigenvalue weighted by Crippen LogP contribution is 2.08. The Labute approximate surface area is 205 Å². The lowest BCUT2D eigenvalue weighted by Gasteiger charge is -2.26. The van der Waals surface area contributed by atoms with Crippen LogP contribution in [-0.4, -0.2) is 71.4 Å². The second-order valence-corrected chi connectivity index (χ2v) is 9.05. The van der Waals surface area contributed by atoms with Gasteiger partial charge in [0.25, 0.3) is 0 Å². The van der Waals surface area contributed by atoms with E-state index < -0.39 is 66.1 Å². The molecule has 0 aliphatic heterocycles. The molecule has 0 rings (SSSR count). The fourth-order valence-electron chi connectivity index (χ4n) is 3.08. The molecule has 35 heavy (non-hydrogen) atoms. The molecule has 12 N–H and O–H groups in total. The zero-order valence-electron chi connectivity index (χ0n) is 20.7. The fraction of sp³-hybridized carbons (Fsp3) is 0.714. The summed E-state index contributed by atoms with van der Waals surface area (Å²) in [4.78, 5) is 64.9. The van der Waals surface area contributed by atoms with Crippen molar-refractivity contribution in [1.82, 2.24) is 16.0 Å². The molecule has 0 heterocycles. The monoisotopic (exact) mass is 500 g/mol. The summed E-state index contributed by atoms with van der Waals surface area (Å²) in [6.45, 7) is 7.19. The Morgan fingerprint density at radius 2 is 1.43 bits per heavy atom. The molecule has 0 aliphatic rings. The molecule has 0 fully saturated rings. The van der Waals surface area contributed by atoms with Crippen molar-refractivity contribution in [3.05, 3.63) is 0 Å². The van der Waals surface area contributed by atoms with Crippen LogP contribution in [0.25, 0.3) is 0 Å². The summed E-state index contributed by atoms with van der Waals surface area (Å²) in [6.07, 6.45) is 0.278. The van der Waals surface area contributed by atoms with Crippen molar-refractivity contribution in [2.45, 2.75) is 77.5 Å². The molecule has 0 spiro atoms. The molecule has 0 saturated carbocycles. The van der Waals surface area contributed by atoms with Crippen molar-refractivity contribution in [2.75, 3.05) is 6.54 Å². The van der Waals surface area contributed by atoms with Crippen LogP contribution in [-0.2, 0) is 24.0 Å². The second kappa shape index (κ2) is 15.5. The molecule has 14 heteroatoms. The largest absolute Gasteiger partial charge is 0.480 e. The lowest BCUT2D eigenvalue weighted by Crippen LogP contribution is -2.59. The third-order valence-electron chi connectivity index (χ3n) is 4.91. The van der Waals surface area contributed by atoms with Gasteiger partial charge in [0, 0.05) is 6.54 Å². The normalized spacial score (nSPS) is 14.4. The molecule has 0 radical (unpaired) electrons. The average Bonchev–Trinajstić information content (AvgIpc) is 2.72. The maximum absolute atomic E-state index is 12.9. The quantitative estimate of drug-likeness (QED) is 0.0631. The number of nitrogens with zero attached hydrogens (tertiary/aromatic N) is 1. The number of rotatable bonds is 16. The second-order valence-electron chi connectivity index (χ2n) is 9.05. The van der Waals surface area contributed by atoms with Gasteiger partial charge in [-0.05, 0) is 31.1 Å². The Balaban J connectivity index is 5.34. The summed E-state index contributed by atoms with van der Waals surface area (Å²) >= 11 is 0. The van der Waals surface area contributed by atoms with Gasteiger partial charge in [0.15, 0.2) is 5.96 Å². The number of hydrogen-bond acceptors (Lipinski definition) is 7. The molecule has 0 aliphatic carbocycles. The van der Waals surface area contributed by atoms with E-state index in [0.717, 1.165) is 0 Å². The number of carboxylic acid groups (broad SMARTS) is 1. The van der Waals surface area contributed by atoms with E-state index >= 15 is 0 Å². The number of carbonyl (C=O) groups is 5. The molecule has 0 aromatic rings. The maximum atomic E-state index is 12.9. The SMILES string of the molecule is CC(C)CC(NC(=O)C(CC(N)=O)NC(=O)C(NC(=O)C(N)CCCN=C(N)N)C(C)C)C(=O)O. The molecule has 0 saturated heterocycles. The Morgan fingerprint density at radius 1 is 0.857 bits per heavy atom. The van der Waals surface area contributed by atoms with Gasteiger partial charge in [-0.2, -0.15) is 0 Å². The van der Waals surface area contributed by atoms with Crippen molar-refractivity contribution in [2.24, 2.45) is 39.8 Å².